The highest BCUT2D eigenvalue weighted by atomic mass is 35.5. The number of aromatic nitrogens is 3. The molecule has 2 aliphatic rings. The summed E-state index contributed by atoms with van der Waals surface area (Å²) in [6.07, 6.45) is 4.39. The first-order valence-corrected chi connectivity index (χ1v) is 14.8. The van der Waals surface area contributed by atoms with E-state index in [0.29, 0.717) is 44.7 Å². The van der Waals surface area contributed by atoms with Crippen LogP contribution in [0.15, 0.2) is 47.6 Å². The second-order valence-electron chi connectivity index (χ2n) is 10.2. The molecule has 3 heterocycles. The second-order valence-corrected chi connectivity index (χ2v) is 11.7. The number of piperazine rings is 1. The lowest BCUT2D eigenvalue weighted by Crippen LogP contribution is -2.48. The first-order valence-electron chi connectivity index (χ1n) is 13.4. The highest BCUT2D eigenvalue weighted by Crippen LogP contribution is 2.34. The van der Waals surface area contributed by atoms with E-state index in [9.17, 15) is 14.3 Å². The maximum absolute atomic E-state index is 14.5. The van der Waals surface area contributed by atoms with Crippen LogP contribution in [-0.4, -0.2) is 87.6 Å². The van der Waals surface area contributed by atoms with Crippen LogP contribution in [-0.2, 0) is 4.79 Å². The fraction of sp³-hybridized carbons (Fsp3) is 0.429. The molecule has 2 aromatic heterocycles. The molecule has 1 aliphatic carbocycles. The number of hydrogen-bond donors (Lipinski definition) is 3. The zero-order valence-corrected chi connectivity index (χ0v) is 23.9. The minimum atomic E-state index is -0.462. The van der Waals surface area contributed by atoms with E-state index in [-0.39, 0.29) is 24.0 Å². The van der Waals surface area contributed by atoms with Crippen LogP contribution >= 0.6 is 23.4 Å². The standard InChI is InChI=1S/C28H33ClFN7O2S/c1-36-8-10-37(11-9-36)21-4-2-18(14-21)27(39)33-26-16-20(6-7-31-26)32-25-17-24(34-35-28(25)40-13-12-38)22-15-19(29)3-5-23(22)30/h3,5-7,15-18,21,38H,2,4,8-14H2,1H3,(H2,31,32,33,34,39)/t18?,21-/m0/s1. The lowest BCUT2D eigenvalue weighted by atomic mass is 10.1. The van der Waals surface area contributed by atoms with Gasteiger partial charge < -0.3 is 20.6 Å². The average Bonchev–Trinajstić information content (AvgIpc) is 3.45. The summed E-state index contributed by atoms with van der Waals surface area (Å²) in [6.45, 7) is 4.22. The van der Waals surface area contributed by atoms with Gasteiger partial charge in [-0.3, -0.25) is 9.69 Å². The first-order chi connectivity index (χ1) is 19.4. The molecular weight excluding hydrogens is 553 g/mol. The SMILES string of the molecule is CN1CCN([C@H]2CCC(C(=O)Nc3cc(Nc4cc(-c5cc(Cl)ccc5F)nnc4SCCO)ccn3)C2)CC1. The molecule has 5 rings (SSSR count). The van der Waals surface area contributed by atoms with E-state index < -0.39 is 5.82 Å². The third-order valence-corrected chi connectivity index (χ3v) is 8.61. The summed E-state index contributed by atoms with van der Waals surface area (Å²) in [7, 11) is 2.15. The van der Waals surface area contributed by atoms with Gasteiger partial charge in [0.1, 0.15) is 16.7 Å². The molecular formula is C28H33ClFN7O2S. The molecule has 1 amide bonds. The molecule has 40 heavy (non-hydrogen) atoms. The number of halogens is 2. The van der Waals surface area contributed by atoms with Gasteiger partial charge in [-0.2, -0.15) is 0 Å². The number of hydrogen-bond acceptors (Lipinski definition) is 9. The lowest BCUT2D eigenvalue weighted by molar-refractivity contribution is -0.119. The van der Waals surface area contributed by atoms with Gasteiger partial charge in [-0.25, -0.2) is 9.37 Å². The van der Waals surface area contributed by atoms with Crippen LogP contribution in [0.5, 0.6) is 0 Å². The molecule has 1 aromatic carbocycles. The zero-order chi connectivity index (χ0) is 28.1. The monoisotopic (exact) mass is 585 g/mol. The normalized spacial score (nSPS) is 20.0. The highest BCUT2D eigenvalue weighted by molar-refractivity contribution is 7.99. The van der Waals surface area contributed by atoms with E-state index in [2.05, 4.69) is 42.7 Å². The number of rotatable bonds is 9. The van der Waals surface area contributed by atoms with Gasteiger partial charge in [0.2, 0.25) is 5.91 Å². The van der Waals surface area contributed by atoms with Crippen LogP contribution in [0.2, 0.25) is 5.02 Å². The Balaban J connectivity index is 1.28. The summed E-state index contributed by atoms with van der Waals surface area (Å²) in [5.41, 5.74) is 1.80. The maximum Gasteiger partial charge on any atom is 0.228 e. The molecule has 3 N–H and O–H groups in total. The van der Waals surface area contributed by atoms with E-state index in [4.69, 9.17) is 11.6 Å². The molecule has 9 nitrogen and oxygen atoms in total. The summed E-state index contributed by atoms with van der Waals surface area (Å²) < 4.78 is 14.5. The minimum absolute atomic E-state index is 0.00948. The number of nitrogens with zero attached hydrogens (tertiary/aromatic N) is 5. The topological polar surface area (TPSA) is 107 Å². The predicted molar refractivity (Wildman–Crippen MR) is 157 cm³/mol. The number of aliphatic hydroxyl groups excluding tert-OH is 1. The minimum Gasteiger partial charge on any atom is -0.396 e. The lowest BCUT2D eigenvalue weighted by Gasteiger charge is -2.36. The van der Waals surface area contributed by atoms with Crippen molar-refractivity contribution in [3.63, 3.8) is 0 Å². The Morgan fingerprint density at radius 2 is 1.98 bits per heavy atom. The van der Waals surface area contributed by atoms with Gasteiger partial charge in [-0.1, -0.05) is 11.6 Å². The predicted octanol–water partition coefficient (Wildman–Crippen LogP) is 4.51. The summed E-state index contributed by atoms with van der Waals surface area (Å²) in [4.78, 5) is 22.3. The van der Waals surface area contributed by atoms with Crippen molar-refractivity contribution in [3.05, 3.63) is 53.4 Å². The van der Waals surface area contributed by atoms with Crippen molar-refractivity contribution in [2.24, 2.45) is 5.92 Å². The van der Waals surface area contributed by atoms with Crippen LogP contribution < -0.4 is 10.6 Å². The number of carbonyl (C=O) groups excluding carboxylic acids is 1. The number of benzene rings is 1. The van der Waals surface area contributed by atoms with E-state index in [1.165, 1.54) is 30.0 Å². The van der Waals surface area contributed by atoms with E-state index >= 15 is 0 Å². The number of aliphatic hydroxyl groups is 1. The Morgan fingerprint density at radius 3 is 2.77 bits per heavy atom. The third kappa shape index (κ3) is 7.08. The van der Waals surface area contributed by atoms with Crippen LogP contribution in [0.25, 0.3) is 11.3 Å². The van der Waals surface area contributed by atoms with E-state index in [1.54, 1.807) is 24.4 Å². The zero-order valence-electron chi connectivity index (χ0n) is 22.3. The van der Waals surface area contributed by atoms with Gasteiger partial charge in [0, 0.05) is 72.4 Å². The van der Waals surface area contributed by atoms with Gasteiger partial charge in [0.05, 0.1) is 18.0 Å². The summed E-state index contributed by atoms with van der Waals surface area (Å²) in [5, 5.41) is 25.0. The molecule has 0 radical (unpaired) electrons. The Labute approximate surface area is 242 Å². The van der Waals surface area contributed by atoms with Crippen LogP contribution in [0.1, 0.15) is 19.3 Å². The van der Waals surface area contributed by atoms with Gasteiger partial charge in [0.15, 0.2) is 0 Å². The van der Waals surface area contributed by atoms with Gasteiger partial charge in [0.25, 0.3) is 0 Å². The molecule has 1 saturated heterocycles. The van der Waals surface area contributed by atoms with Crippen LogP contribution in [0, 0.1) is 11.7 Å². The molecule has 0 spiro atoms. The van der Waals surface area contributed by atoms with Crippen molar-refractivity contribution in [2.45, 2.75) is 30.3 Å². The van der Waals surface area contributed by atoms with Crippen molar-refractivity contribution in [2.75, 3.05) is 56.2 Å². The smallest absolute Gasteiger partial charge is 0.228 e. The van der Waals surface area contributed by atoms with Gasteiger partial charge in [-0.05, 0) is 56.6 Å². The molecule has 1 saturated carbocycles. The fourth-order valence-corrected chi connectivity index (χ4v) is 6.04. The summed E-state index contributed by atoms with van der Waals surface area (Å²) >= 11 is 7.41. The summed E-state index contributed by atoms with van der Waals surface area (Å²) in [5.74, 6) is 0.360. The molecule has 2 fully saturated rings. The number of anilines is 3. The third-order valence-electron chi connectivity index (χ3n) is 7.41. The van der Waals surface area contributed by atoms with Crippen molar-refractivity contribution < 1.29 is 14.3 Å². The molecule has 3 aromatic rings. The van der Waals surface area contributed by atoms with Crippen LogP contribution in [0.3, 0.4) is 0 Å². The molecule has 12 heteroatoms. The van der Waals surface area contributed by atoms with E-state index in [1.807, 2.05) is 0 Å². The molecule has 1 aliphatic heterocycles. The second kappa shape index (κ2) is 13.2. The Kier molecular flexibility index (Phi) is 9.48. The number of amides is 1. The van der Waals surface area contributed by atoms with Crippen molar-refractivity contribution >= 4 is 46.5 Å². The number of carbonyl (C=O) groups is 1. The van der Waals surface area contributed by atoms with E-state index in [0.717, 1.165) is 45.4 Å². The Morgan fingerprint density at radius 1 is 1.15 bits per heavy atom. The average molecular weight is 586 g/mol. The molecule has 1 unspecified atom stereocenters. The Hall–Kier alpha value is -2.83. The first kappa shape index (κ1) is 28.7. The summed E-state index contributed by atoms with van der Waals surface area (Å²) in [6, 6.07) is 9.94. The quantitative estimate of drug-likeness (QED) is 0.313. The highest BCUT2D eigenvalue weighted by Gasteiger charge is 2.34. The van der Waals surface area contributed by atoms with Gasteiger partial charge in [-0.15, -0.1) is 22.0 Å². The molecule has 0 bridgehead atoms. The number of pyridine rings is 1. The molecule has 2 atom stereocenters. The Bertz CT molecular complexity index is 1340. The number of nitrogens with one attached hydrogen (secondary N) is 2. The van der Waals surface area contributed by atoms with Crippen molar-refractivity contribution in [1.82, 2.24) is 25.0 Å². The number of thioether (sulfide) groups is 1. The maximum atomic E-state index is 14.5. The van der Waals surface area contributed by atoms with Gasteiger partial charge >= 0.3 is 0 Å². The fourth-order valence-electron chi connectivity index (χ4n) is 5.22. The largest absolute Gasteiger partial charge is 0.396 e. The van der Waals surface area contributed by atoms with Crippen molar-refractivity contribution in [1.29, 1.82) is 0 Å². The molecule has 212 valence electrons. The number of likely N-dealkylation sites (N-methyl/N-ethyl adjacent to an activating group) is 1. The van der Waals surface area contributed by atoms with Crippen LogP contribution in [0.4, 0.5) is 21.6 Å². The van der Waals surface area contributed by atoms with Crippen molar-refractivity contribution in [3.8, 4) is 11.3 Å².